The van der Waals surface area contributed by atoms with Gasteiger partial charge in [0.1, 0.15) is 16.6 Å². The minimum absolute atomic E-state index is 0.114. The van der Waals surface area contributed by atoms with Crippen molar-refractivity contribution in [1.82, 2.24) is 14.6 Å². The summed E-state index contributed by atoms with van der Waals surface area (Å²) in [6.45, 7) is 12.8. The van der Waals surface area contributed by atoms with E-state index in [1.54, 1.807) is 80.0 Å². The molecule has 4 rings (SSSR count). The van der Waals surface area contributed by atoms with Crippen molar-refractivity contribution in [3.05, 3.63) is 89.7 Å². The predicted octanol–water partition coefficient (Wildman–Crippen LogP) is 6.96. The highest BCUT2D eigenvalue weighted by atomic mass is 35.5. The molecule has 0 saturated heterocycles. The van der Waals surface area contributed by atoms with Gasteiger partial charge in [0.15, 0.2) is 5.65 Å². The van der Waals surface area contributed by atoms with Crippen LogP contribution in [0, 0.1) is 0 Å². The fraction of sp³-hybridized carbons (Fsp3) is 0.233. The SMILES string of the molecule is C=CC(=O)Nc1cccc(C(=O)Nc2cccc(N(C(=O)OC(C)(C)C)c3cc(Cl)nc4c(C(C)C)cnn34)c2)c1. The second kappa shape index (κ2) is 11.8. The van der Waals surface area contributed by atoms with Crippen LogP contribution in [0.2, 0.25) is 5.15 Å². The number of rotatable bonds is 7. The second-order valence-corrected chi connectivity index (χ2v) is 10.9. The van der Waals surface area contributed by atoms with Gasteiger partial charge >= 0.3 is 6.09 Å². The molecular formula is C30H31ClN6O4. The fourth-order valence-corrected chi connectivity index (χ4v) is 4.18. The maximum atomic E-state index is 13.6. The summed E-state index contributed by atoms with van der Waals surface area (Å²) in [4.78, 5) is 44.2. The van der Waals surface area contributed by atoms with Gasteiger partial charge in [0, 0.05) is 28.6 Å². The van der Waals surface area contributed by atoms with Crippen LogP contribution in [-0.2, 0) is 9.53 Å². The van der Waals surface area contributed by atoms with Crippen molar-refractivity contribution in [2.24, 2.45) is 0 Å². The highest BCUT2D eigenvalue weighted by molar-refractivity contribution is 6.30. The Bertz CT molecular complexity index is 1640. The first-order valence-electron chi connectivity index (χ1n) is 12.9. The summed E-state index contributed by atoms with van der Waals surface area (Å²) in [7, 11) is 0. The quantitative estimate of drug-likeness (QED) is 0.182. The van der Waals surface area contributed by atoms with Crippen molar-refractivity contribution >= 4 is 58.0 Å². The van der Waals surface area contributed by atoms with Crippen LogP contribution < -0.4 is 15.5 Å². The molecule has 10 nitrogen and oxygen atoms in total. The number of nitrogens with zero attached hydrogens (tertiary/aromatic N) is 4. The number of benzene rings is 2. The summed E-state index contributed by atoms with van der Waals surface area (Å²) < 4.78 is 7.29. The summed E-state index contributed by atoms with van der Waals surface area (Å²) in [5, 5.41) is 10.1. The molecule has 3 amide bonds. The van der Waals surface area contributed by atoms with Crippen molar-refractivity contribution in [3.8, 4) is 0 Å². The van der Waals surface area contributed by atoms with E-state index in [9.17, 15) is 14.4 Å². The average Bonchev–Trinajstić information content (AvgIpc) is 3.32. The Morgan fingerprint density at radius 1 is 1.05 bits per heavy atom. The molecule has 2 N–H and O–H groups in total. The van der Waals surface area contributed by atoms with E-state index in [2.05, 4.69) is 27.3 Å². The average molecular weight is 575 g/mol. The minimum atomic E-state index is -0.795. The third kappa shape index (κ3) is 6.90. The second-order valence-electron chi connectivity index (χ2n) is 10.5. The first kappa shape index (κ1) is 29.3. The molecule has 0 aliphatic rings. The number of nitrogens with one attached hydrogen (secondary N) is 2. The molecule has 2 aromatic carbocycles. The lowest BCUT2D eigenvalue weighted by molar-refractivity contribution is -0.111. The van der Waals surface area contributed by atoms with E-state index in [0.29, 0.717) is 34.1 Å². The van der Waals surface area contributed by atoms with Crippen LogP contribution in [0.1, 0.15) is 56.5 Å². The van der Waals surface area contributed by atoms with Crippen LogP contribution in [-0.4, -0.2) is 38.1 Å². The maximum absolute atomic E-state index is 13.6. The van der Waals surface area contributed by atoms with Gasteiger partial charge in [-0.3, -0.25) is 9.59 Å². The number of hydrogen-bond acceptors (Lipinski definition) is 6. The number of anilines is 4. The van der Waals surface area contributed by atoms with Crippen molar-refractivity contribution in [1.29, 1.82) is 0 Å². The van der Waals surface area contributed by atoms with Crippen LogP contribution >= 0.6 is 11.6 Å². The molecule has 2 heterocycles. The van der Waals surface area contributed by atoms with E-state index < -0.39 is 17.6 Å². The number of ether oxygens (including phenoxy) is 1. The molecule has 212 valence electrons. The molecule has 11 heteroatoms. The zero-order valence-electron chi connectivity index (χ0n) is 23.4. The Kier molecular flexibility index (Phi) is 8.44. The third-order valence-corrected chi connectivity index (χ3v) is 6.01. The van der Waals surface area contributed by atoms with Gasteiger partial charge in [0.25, 0.3) is 5.91 Å². The van der Waals surface area contributed by atoms with Crippen LogP contribution in [0.5, 0.6) is 0 Å². The maximum Gasteiger partial charge on any atom is 0.420 e. The zero-order chi connectivity index (χ0) is 29.9. The summed E-state index contributed by atoms with van der Waals surface area (Å²) in [6, 6.07) is 14.8. The molecule has 0 unspecified atom stereocenters. The molecule has 0 saturated carbocycles. The van der Waals surface area contributed by atoms with Gasteiger partial charge in [-0.1, -0.05) is 44.2 Å². The Labute approximate surface area is 243 Å². The summed E-state index contributed by atoms with van der Waals surface area (Å²) in [5.41, 5.74) is 2.17. The number of fused-ring (bicyclic) bond motifs is 1. The Morgan fingerprint density at radius 3 is 2.39 bits per heavy atom. The smallest absolute Gasteiger partial charge is 0.420 e. The number of aromatic nitrogens is 3. The van der Waals surface area contributed by atoms with Gasteiger partial charge in [-0.15, -0.1) is 0 Å². The number of carbonyl (C=O) groups is 3. The molecule has 41 heavy (non-hydrogen) atoms. The molecule has 2 aromatic heterocycles. The summed E-state index contributed by atoms with van der Waals surface area (Å²) in [6.07, 6.45) is 2.17. The summed E-state index contributed by atoms with van der Waals surface area (Å²) >= 11 is 6.43. The molecule has 4 aromatic rings. The first-order chi connectivity index (χ1) is 19.4. The lowest BCUT2D eigenvalue weighted by Crippen LogP contribution is -2.35. The van der Waals surface area contributed by atoms with Gasteiger partial charge in [0.05, 0.1) is 11.9 Å². The van der Waals surface area contributed by atoms with Gasteiger partial charge in [-0.05, 0) is 69.2 Å². The monoisotopic (exact) mass is 574 g/mol. The van der Waals surface area contributed by atoms with Crippen LogP contribution in [0.25, 0.3) is 5.65 Å². The van der Waals surface area contributed by atoms with Crippen LogP contribution in [0.4, 0.5) is 27.7 Å². The van der Waals surface area contributed by atoms with E-state index in [-0.39, 0.29) is 17.0 Å². The molecule has 0 atom stereocenters. The lowest BCUT2D eigenvalue weighted by atomic mass is 10.1. The van der Waals surface area contributed by atoms with Crippen molar-refractivity contribution in [2.75, 3.05) is 15.5 Å². The molecule has 0 aliphatic carbocycles. The third-order valence-electron chi connectivity index (χ3n) is 5.82. The number of carbonyl (C=O) groups excluding carboxylic acids is 3. The first-order valence-corrected chi connectivity index (χ1v) is 13.3. The topological polar surface area (TPSA) is 118 Å². The highest BCUT2D eigenvalue weighted by Gasteiger charge is 2.29. The highest BCUT2D eigenvalue weighted by Crippen LogP contribution is 2.33. The summed E-state index contributed by atoms with van der Waals surface area (Å²) in [5.74, 6) is -0.372. The van der Waals surface area contributed by atoms with E-state index >= 15 is 0 Å². The molecule has 0 spiro atoms. The zero-order valence-corrected chi connectivity index (χ0v) is 24.2. The normalized spacial score (nSPS) is 11.3. The van der Waals surface area contributed by atoms with Gasteiger partial charge in [-0.2, -0.15) is 9.61 Å². The lowest BCUT2D eigenvalue weighted by Gasteiger charge is -2.28. The van der Waals surface area contributed by atoms with Gasteiger partial charge in [0.2, 0.25) is 5.91 Å². The van der Waals surface area contributed by atoms with Crippen LogP contribution in [0.15, 0.2) is 73.4 Å². The Morgan fingerprint density at radius 2 is 1.73 bits per heavy atom. The van der Waals surface area contributed by atoms with E-state index in [4.69, 9.17) is 16.3 Å². The van der Waals surface area contributed by atoms with Crippen molar-refractivity contribution < 1.29 is 19.1 Å². The molecular weight excluding hydrogens is 544 g/mol. The standard InChI is InChI=1S/C30H31ClN6O4/c1-7-25(38)33-20-11-8-10-19(14-20)28(39)34-21-12-9-13-22(15-21)36(29(40)41-30(4,5)6)26-16-24(31)35-27-23(18(2)3)17-32-37(26)27/h7-18H,1H2,2-6H3,(H,33,38)(H,34,39). The van der Waals surface area contributed by atoms with Crippen LogP contribution in [0.3, 0.4) is 0 Å². The molecule has 0 bridgehead atoms. The Hall–Kier alpha value is -4.70. The van der Waals surface area contributed by atoms with Crippen molar-refractivity contribution in [2.45, 2.75) is 46.1 Å². The van der Waals surface area contributed by atoms with E-state index in [1.807, 2.05) is 13.8 Å². The molecule has 0 aliphatic heterocycles. The van der Waals surface area contributed by atoms with E-state index in [0.717, 1.165) is 11.6 Å². The van der Waals surface area contributed by atoms with Gasteiger partial charge in [-0.25, -0.2) is 14.7 Å². The van der Waals surface area contributed by atoms with E-state index in [1.165, 1.54) is 11.0 Å². The fourth-order valence-electron chi connectivity index (χ4n) is 4.00. The minimum Gasteiger partial charge on any atom is -0.443 e. The number of amides is 3. The largest absolute Gasteiger partial charge is 0.443 e. The predicted molar refractivity (Wildman–Crippen MR) is 160 cm³/mol. The molecule has 0 fully saturated rings. The van der Waals surface area contributed by atoms with Gasteiger partial charge < -0.3 is 15.4 Å². The number of halogens is 1. The van der Waals surface area contributed by atoms with Crippen molar-refractivity contribution in [3.63, 3.8) is 0 Å². The number of hydrogen-bond donors (Lipinski definition) is 2. The Balaban J connectivity index is 1.74. The molecule has 0 radical (unpaired) electrons.